The predicted octanol–water partition coefficient (Wildman–Crippen LogP) is 4.47. The van der Waals surface area contributed by atoms with Crippen LogP contribution in [0, 0.1) is 11.3 Å². The van der Waals surface area contributed by atoms with Crippen molar-refractivity contribution in [2.45, 2.75) is 46.3 Å². The van der Waals surface area contributed by atoms with Crippen LogP contribution in [0.1, 0.15) is 39.2 Å². The van der Waals surface area contributed by atoms with E-state index in [2.05, 4.69) is 51.7 Å². The Morgan fingerprint density at radius 2 is 1.92 bits per heavy atom. The average Bonchev–Trinajstić information content (AvgIpc) is 2.51. The van der Waals surface area contributed by atoms with Crippen LogP contribution in [-0.4, -0.2) is 37.7 Å². The Kier molecular flexibility index (Phi) is 8.70. The molecule has 0 aromatic heterocycles. The van der Waals surface area contributed by atoms with Gasteiger partial charge in [0.1, 0.15) is 6.61 Å². The Morgan fingerprint density at radius 1 is 1.28 bits per heavy atom. The van der Waals surface area contributed by atoms with Gasteiger partial charge in [-0.3, -0.25) is 0 Å². The number of hydrogen-bond acceptors (Lipinski definition) is 3. The van der Waals surface area contributed by atoms with Crippen molar-refractivity contribution in [3.63, 3.8) is 0 Å². The number of rotatable bonds is 9. The van der Waals surface area contributed by atoms with Gasteiger partial charge in [-0.1, -0.05) is 57.2 Å². The molecule has 0 aliphatic carbocycles. The van der Waals surface area contributed by atoms with Gasteiger partial charge in [0.25, 0.3) is 0 Å². The van der Waals surface area contributed by atoms with Gasteiger partial charge in [-0.2, -0.15) is 0 Å². The molecule has 0 spiro atoms. The number of amides is 1. The lowest BCUT2D eigenvalue weighted by atomic mass is 9.81. The van der Waals surface area contributed by atoms with Crippen molar-refractivity contribution in [1.29, 1.82) is 0 Å². The molecule has 4 heteroatoms. The fraction of sp³-hybridized carbons (Fsp3) is 0.571. The summed E-state index contributed by atoms with van der Waals surface area (Å²) in [6.07, 6.45) is 3.32. The van der Waals surface area contributed by atoms with Crippen LogP contribution in [0.15, 0.2) is 43.0 Å². The lowest BCUT2D eigenvalue weighted by molar-refractivity contribution is 0.123. The van der Waals surface area contributed by atoms with Crippen LogP contribution in [0.4, 0.5) is 4.79 Å². The molecule has 0 fully saturated rings. The third kappa shape index (κ3) is 9.30. The summed E-state index contributed by atoms with van der Waals surface area (Å²) in [5.74, 6) is 0.302. The number of carbonyl (C=O) groups excluding carboxylic acids is 1. The molecular weight excluding hydrogens is 312 g/mol. The standard InChI is InChI=1S/C21H34N2O2/c1-7-11-18(15-23(5)6)19(14-21(2,3)4)22-20(24)25-16-17-12-9-8-10-13-17/h7-10,12-13,18-19H,1,11,14-16H2,2-6H3,(H,22,24)/t18-,19+/m1/s1. The number of allylic oxidation sites excluding steroid dienone is 1. The number of ether oxygens (including phenoxy) is 1. The number of benzene rings is 1. The Labute approximate surface area is 153 Å². The monoisotopic (exact) mass is 346 g/mol. The maximum absolute atomic E-state index is 12.3. The minimum Gasteiger partial charge on any atom is -0.445 e. The zero-order valence-electron chi connectivity index (χ0n) is 16.4. The van der Waals surface area contributed by atoms with Gasteiger partial charge in [0, 0.05) is 12.6 Å². The van der Waals surface area contributed by atoms with Crippen LogP contribution >= 0.6 is 0 Å². The topological polar surface area (TPSA) is 41.6 Å². The SMILES string of the molecule is C=CC[C@H](CN(C)C)[C@H](CC(C)(C)C)NC(=O)OCc1ccccc1. The van der Waals surface area contributed by atoms with Gasteiger partial charge < -0.3 is 15.0 Å². The Balaban J connectivity index is 2.73. The molecule has 0 heterocycles. The summed E-state index contributed by atoms with van der Waals surface area (Å²) >= 11 is 0. The number of hydrogen-bond donors (Lipinski definition) is 1. The smallest absolute Gasteiger partial charge is 0.407 e. The Bertz CT molecular complexity index is 520. The van der Waals surface area contributed by atoms with Gasteiger partial charge in [-0.05, 0) is 43.8 Å². The molecular formula is C21H34N2O2. The quantitative estimate of drug-likeness (QED) is 0.671. The normalized spacial score (nSPS) is 14.0. The molecule has 1 aromatic rings. The van der Waals surface area contributed by atoms with E-state index in [-0.39, 0.29) is 24.2 Å². The highest BCUT2D eigenvalue weighted by atomic mass is 16.5. The van der Waals surface area contributed by atoms with Crippen molar-refractivity contribution < 1.29 is 9.53 Å². The van der Waals surface area contributed by atoms with Crippen molar-refractivity contribution in [1.82, 2.24) is 10.2 Å². The Morgan fingerprint density at radius 3 is 2.44 bits per heavy atom. The summed E-state index contributed by atoms with van der Waals surface area (Å²) in [6, 6.07) is 9.78. The minimum absolute atomic E-state index is 0.0451. The number of alkyl carbamates (subject to hydrolysis) is 1. The first-order chi connectivity index (χ1) is 11.7. The highest BCUT2D eigenvalue weighted by Crippen LogP contribution is 2.26. The first-order valence-corrected chi connectivity index (χ1v) is 8.94. The average molecular weight is 347 g/mol. The molecule has 0 saturated heterocycles. The predicted molar refractivity (Wildman–Crippen MR) is 104 cm³/mol. The fourth-order valence-corrected chi connectivity index (χ4v) is 2.96. The molecule has 4 nitrogen and oxygen atoms in total. The van der Waals surface area contributed by atoms with E-state index in [1.54, 1.807) is 0 Å². The Hall–Kier alpha value is -1.81. The van der Waals surface area contributed by atoms with E-state index in [0.29, 0.717) is 5.92 Å². The number of nitrogens with one attached hydrogen (secondary N) is 1. The highest BCUT2D eigenvalue weighted by molar-refractivity contribution is 5.67. The largest absolute Gasteiger partial charge is 0.445 e. The first kappa shape index (κ1) is 21.2. The van der Waals surface area contributed by atoms with Crippen LogP contribution in [0.3, 0.4) is 0 Å². The van der Waals surface area contributed by atoms with Crippen LogP contribution in [0.25, 0.3) is 0 Å². The minimum atomic E-state index is -0.356. The molecule has 1 N–H and O–H groups in total. The van der Waals surface area contributed by atoms with Crippen molar-refractivity contribution >= 4 is 6.09 Å². The van der Waals surface area contributed by atoms with Crippen LogP contribution < -0.4 is 5.32 Å². The third-order valence-corrected chi connectivity index (χ3v) is 3.99. The van der Waals surface area contributed by atoms with Crippen molar-refractivity contribution in [3.8, 4) is 0 Å². The summed E-state index contributed by atoms with van der Waals surface area (Å²) in [6.45, 7) is 11.6. The summed E-state index contributed by atoms with van der Waals surface area (Å²) < 4.78 is 5.42. The zero-order chi connectivity index (χ0) is 18.9. The van der Waals surface area contributed by atoms with Crippen LogP contribution in [0.5, 0.6) is 0 Å². The van der Waals surface area contributed by atoms with Crippen LogP contribution in [0.2, 0.25) is 0 Å². The summed E-state index contributed by atoms with van der Waals surface area (Å²) in [5.41, 5.74) is 1.10. The number of nitrogens with zero attached hydrogens (tertiary/aromatic N) is 1. The third-order valence-electron chi connectivity index (χ3n) is 3.99. The zero-order valence-corrected chi connectivity index (χ0v) is 16.4. The molecule has 0 bridgehead atoms. The second-order valence-corrected chi connectivity index (χ2v) is 8.12. The maximum atomic E-state index is 12.3. The van der Waals surface area contributed by atoms with Gasteiger partial charge in [0.05, 0.1) is 0 Å². The van der Waals surface area contributed by atoms with Gasteiger partial charge in [0.15, 0.2) is 0 Å². The van der Waals surface area contributed by atoms with Crippen molar-refractivity contribution in [2.24, 2.45) is 11.3 Å². The molecule has 1 aromatic carbocycles. The molecule has 0 radical (unpaired) electrons. The molecule has 0 aliphatic rings. The highest BCUT2D eigenvalue weighted by Gasteiger charge is 2.28. The molecule has 25 heavy (non-hydrogen) atoms. The van der Waals surface area contributed by atoms with E-state index in [4.69, 9.17) is 4.74 Å². The van der Waals surface area contributed by atoms with E-state index in [0.717, 1.165) is 24.9 Å². The van der Waals surface area contributed by atoms with E-state index in [1.165, 1.54) is 0 Å². The van der Waals surface area contributed by atoms with Crippen molar-refractivity contribution in [3.05, 3.63) is 48.6 Å². The van der Waals surface area contributed by atoms with Crippen molar-refractivity contribution in [2.75, 3.05) is 20.6 Å². The van der Waals surface area contributed by atoms with E-state index in [9.17, 15) is 4.79 Å². The second-order valence-electron chi connectivity index (χ2n) is 8.12. The van der Waals surface area contributed by atoms with Gasteiger partial charge in [0.2, 0.25) is 0 Å². The lowest BCUT2D eigenvalue weighted by Gasteiger charge is -2.33. The summed E-state index contributed by atoms with van der Waals surface area (Å²) in [4.78, 5) is 14.5. The molecule has 1 amide bonds. The van der Waals surface area contributed by atoms with E-state index >= 15 is 0 Å². The van der Waals surface area contributed by atoms with Gasteiger partial charge >= 0.3 is 6.09 Å². The maximum Gasteiger partial charge on any atom is 0.407 e. The summed E-state index contributed by atoms with van der Waals surface area (Å²) in [7, 11) is 4.11. The second kappa shape index (κ2) is 10.2. The fourth-order valence-electron chi connectivity index (χ4n) is 2.96. The molecule has 1 rings (SSSR count). The van der Waals surface area contributed by atoms with Crippen LogP contribution in [-0.2, 0) is 11.3 Å². The van der Waals surface area contributed by atoms with E-state index < -0.39 is 0 Å². The lowest BCUT2D eigenvalue weighted by Crippen LogP contribution is -2.45. The molecule has 2 atom stereocenters. The molecule has 140 valence electrons. The molecule has 0 saturated carbocycles. The molecule has 0 aliphatic heterocycles. The van der Waals surface area contributed by atoms with Gasteiger partial charge in [-0.25, -0.2) is 4.79 Å². The molecule has 0 unspecified atom stereocenters. The van der Waals surface area contributed by atoms with E-state index in [1.807, 2.05) is 36.4 Å². The number of carbonyl (C=O) groups is 1. The van der Waals surface area contributed by atoms with Gasteiger partial charge in [-0.15, -0.1) is 6.58 Å². The summed E-state index contributed by atoms with van der Waals surface area (Å²) in [5, 5.41) is 3.10. The first-order valence-electron chi connectivity index (χ1n) is 8.94.